The van der Waals surface area contributed by atoms with Gasteiger partial charge in [-0.1, -0.05) is 23.7 Å². The van der Waals surface area contributed by atoms with E-state index in [2.05, 4.69) is 10.3 Å². The molecule has 32 heavy (non-hydrogen) atoms. The molecule has 3 rings (SSSR count). The van der Waals surface area contributed by atoms with Crippen LogP contribution in [0.3, 0.4) is 0 Å². The van der Waals surface area contributed by atoms with E-state index in [0.29, 0.717) is 33.6 Å². The minimum Gasteiger partial charge on any atom is -0.496 e. The number of carboxylic acids is 1. The van der Waals surface area contributed by atoms with Crippen LogP contribution in [0.5, 0.6) is 11.5 Å². The second kappa shape index (κ2) is 10.2. The fraction of sp³-hybridized carbons (Fsp3) is 0.250. The average molecular weight is 474 g/mol. The van der Waals surface area contributed by atoms with Crippen molar-refractivity contribution in [1.29, 1.82) is 0 Å². The van der Waals surface area contributed by atoms with Gasteiger partial charge in [0.15, 0.2) is 0 Å². The number of pyridine rings is 1. The predicted molar refractivity (Wildman–Crippen MR) is 111 cm³/mol. The lowest BCUT2D eigenvalue weighted by molar-refractivity contribution is -0.192. The molecule has 0 radical (unpaired) electrons. The van der Waals surface area contributed by atoms with E-state index in [-0.39, 0.29) is 12.0 Å². The van der Waals surface area contributed by atoms with Crippen molar-refractivity contribution >= 4 is 34.8 Å². The van der Waals surface area contributed by atoms with Gasteiger partial charge in [-0.05, 0) is 26.0 Å². The Labute approximate surface area is 185 Å². The summed E-state index contributed by atoms with van der Waals surface area (Å²) >= 11 is 5.96. The lowest BCUT2D eigenvalue weighted by Gasteiger charge is -2.16. The summed E-state index contributed by atoms with van der Waals surface area (Å²) in [5.41, 5.74) is 1.59. The van der Waals surface area contributed by atoms with E-state index >= 15 is 0 Å². The maximum absolute atomic E-state index is 12.7. The Morgan fingerprint density at radius 1 is 1.19 bits per heavy atom. The van der Waals surface area contributed by atoms with Gasteiger partial charge in [0, 0.05) is 18.5 Å². The molecule has 0 unspecified atom stereocenters. The molecule has 0 saturated heterocycles. The average Bonchev–Trinajstić information content (AvgIpc) is 3.06. The molecular formula is C20H19ClF3N3O5. The van der Waals surface area contributed by atoms with E-state index < -0.39 is 12.1 Å². The number of hydrogen-bond donors (Lipinski definition) is 2. The van der Waals surface area contributed by atoms with Crippen LogP contribution < -0.4 is 14.8 Å². The SMILES string of the molecule is COc1ccccc1C(=O)Nc1cn2cc(Cl)nc2cc1OC(C)C.O=C(O)C(F)(F)F. The van der Waals surface area contributed by atoms with Crippen LogP contribution in [0.1, 0.15) is 24.2 Å². The van der Waals surface area contributed by atoms with Crippen molar-refractivity contribution in [2.75, 3.05) is 12.4 Å². The zero-order valence-corrected chi connectivity index (χ0v) is 17.9. The van der Waals surface area contributed by atoms with E-state index in [4.69, 9.17) is 31.0 Å². The van der Waals surface area contributed by atoms with Gasteiger partial charge in [-0.3, -0.25) is 4.79 Å². The summed E-state index contributed by atoms with van der Waals surface area (Å²) in [6, 6.07) is 8.76. The fourth-order valence-electron chi connectivity index (χ4n) is 2.45. The molecule has 1 aromatic carbocycles. The quantitative estimate of drug-likeness (QED) is 0.558. The Morgan fingerprint density at radius 3 is 2.38 bits per heavy atom. The number of aromatic nitrogens is 2. The number of hydrogen-bond acceptors (Lipinski definition) is 5. The third kappa shape index (κ3) is 6.51. The van der Waals surface area contributed by atoms with Gasteiger partial charge in [-0.2, -0.15) is 13.2 Å². The number of para-hydroxylation sites is 1. The molecule has 0 saturated carbocycles. The summed E-state index contributed by atoms with van der Waals surface area (Å²) in [5.74, 6) is -2.03. The first-order valence-electron chi connectivity index (χ1n) is 9.01. The maximum Gasteiger partial charge on any atom is 0.490 e. The summed E-state index contributed by atoms with van der Waals surface area (Å²) in [5, 5.41) is 10.4. The second-order valence-corrected chi connectivity index (χ2v) is 6.89. The molecule has 1 amide bonds. The van der Waals surface area contributed by atoms with Crippen LogP contribution in [-0.4, -0.2) is 45.8 Å². The third-order valence-electron chi connectivity index (χ3n) is 3.73. The second-order valence-electron chi connectivity index (χ2n) is 6.50. The van der Waals surface area contributed by atoms with E-state index in [1.807, 2.05) is 19.9 Å². The molecule has 2 N–H and O–H groups in total. The van der Waals surface area contributed by atoms with Crippen molar-refractivity contribution < 1.29 is 37.3 Å². The highest BCUT2D eigenvalue weighted by molar-refractivity contribution is 6.29. The topological polar surface area (TPSA) is 102 Å². The van der Waals surface area contributed by atoms with E-state index in [0.717, 1.165) is 0 Å². The zero-order chi connectivity index (χ0) is 24.1. The molecule has 0 aliphatic carbocycles. The number of halogens is 4. The van der Waals surface area contributed by atoms with Gasteiger partial charge in [0.1, 0.15) is 28.0 Å². The number of fused-ring (bicyclic) bond motifs is 1. The number of imidazole rings is 1. The number of benzene rings is 1. The van der Waals surface area contributed by atoms with Crippen LogP contribution in [-0.2, 0) is 4.79 Å². The minimum atomic E-state index is -5.08. The number of amides is 1. The summed E-state index contributed by atoms with van der Waals surface area (Å²) < 4.78 is 44.5. The monoisotopic (exact) mass is 473 g/mol. The van der Waals surface area contributed by atoms with Crippen LogP contribution in [0.25, 0.3) is 5.65 Å². The lowest BCUT2D eigenvalue weighted by atomic mass is 10.2. The van der Waals surface area contributed by atoms with Gasteiger partial charge in [-0.25, -0.2) is 9.78 Å². The number of carbonyl (C=O) groups excluding carboxylic acids is 1. The van der Waals surface area contributed by atoms with E-state index in [9.17, 15) is 18.0 Å². The molecule has 12 heteroatoms. The van der Waals surface area contributed by atoms with E-state index in [1.165, 1.54) is 7.11 Å². The number of carboxylic acid groups (broad SMARTS) is 1. The van der Waals surface area contributed by atoms with Crippen LogP contribution in [0.15, 0.2) is 42.7 Å². The van der Waals surface area contributed by atoms with Crippen molar-refractivity contribution in [3.63, 3.8) is 0 Å². The lowest BCUT2D eigenvalue weighted by Crippen LogP contribution is -2.21. The van der Waals surface area contributed by atoms with Gasteiger partial charge >= 0.3 is 12.1 Å². The van der Waals surface area contributed by atoms with Crippen LogP contribution >= 0.6 is 11.6 Å². The number of anilines is 1. The predicted octanol–water partition coefficient (Wildman–Crippen LogP) is 4.67. The smallest absolute Gasteiger partial charge is 0.490 e. The number of methoxy groups -OCH3 is 1. The molecule has 0 atom stereocenters. The highest BCUT2D eigenvalue weighted by Crippen LogP contribution is 2.29. The number of aliphatic carboxylic acids is 1. The molecule has 172 valence electrons. The Hall–Kier alpha value is -3.47. The molecule has 2 aromatic heterocycles. The molecular weight excluding hydrogens is 455 g/mol. The standard InChI is InChI=1S/C18H18ClN3O3.C2HF3O2/c1-11(2)25-15-8-17-21-16(19)10-22(17)9-13(15)20-18(23)12-6-4-5-7-14(12)24-3;3-2(4,5)1(6)7/h4-11H,1-3H3,(H,20,23);(H,6,7). The normalized spacial score (nSPS) is 11.0. The first kappa shape index (κ1) is 24.8. The van der Waals surface area contributed by atoms with Gasteiger partial charge in [-0.15, -0.1) is 0 Å². The van der Waals surface area contributed by atoms with Crippen molar-refractivity contribution in [2.24, 2.45) is 0 Å². The number of alkyl halides is 3. The highest BCUT2D eigenvalue weighted by atomic mass is 35.5. The zero-order valence-electron chi connectivity index (χ0n) is 17.1. The first-order valence-corrected chi connectivity index (χ1v) is 9.39. The molecule has 3 aromatic rings. The van der Waals surface area contributed by atoms with Gasteiger partial charge in [0.05, 0.1) is 18.8 Å². The third-order valence-corrected chi connectivity index (χ3v) is 3.91. The Balaban J connectivity index is 0.000000451. The largest absolute Gasteiger partial charge is 0.496 e. The Morgan fingerprint density at radius 2 is 1.81 bits per heavy atom. The molecule has 0 fully saturated rings. The number of nitrogens with one attached hydrogen (secondary N) is 1. The van der Waals surface area contributed by atoms with Crippen LogP contribution in [0, 0.1) is 0 Å². The summed E-state index contributed by atoms with van der Waals surface area (Å²) in [4.78, 5) is 25.8. The molecule has 0 bridgehead atoms. The molecule has 2 heterocycles. The summed E-state index contributed by atoms with van der Waals surface area (Å²) in [6.07, 6.45) is -1.76. The highest BCUT2D eigenvalue weighted by Gasteiger charge is 2.38. The van der Waals surface area contributed by atoms with E-state index in [1.54, 1.807) is 41.1 Å². The Kier molecular flexibility index (Phi) is 7.92. The van der Waals surface area contributed by atoms with Crippen molar-refractivity contribution in [1.82, 2.24) is 9.38 Å². The number of rotatable bonds is 5. The minimum absolute atomic E-state index is 0.0604. The van der Waals surface area contributed by atoms with Gasteiger partial charge in [0.25, 0.3) is 5.91 Å². The molecule has 0 spiro atoms. The van der Waals surface area contributed by atoms with Crippen molar-refractivity contribution in [2.45, 2.75) is 26.1 Å². The number of carbonyl (C=O) groups is 2. The number of ether oxygens (including phenoxy) is 2. The first-order chi connectivity index (χ1) is 14.9. The van der Waals surface area contributed by atoms with Crippen molar-refractivity contribution in [3.05, 3.63) is 53.4 Å². The Bertz CT molecular complexity index is 1120. The van der Waals surface area contributed by atoms with Gasteiger partial charge < -0.3 is 24.3 Å². The molecule has 8 nitrogen and oxygen atoms in total. The summed E-state index contributed by atoms with van der Waals surface area (Å²) in [7, 11) is 1.53. The fourth-order valence-corrected chi connectivity index (χ4v) is 2.64. The maximum atomic E-state index is 12.7. The van der Waals surface area contributed by atoms with Crippen LogP contribution in [0.2, 0.25) is 5.15 Å². The van der Waals surface area contributed by atoms with Gasteiger partial charge in [0.2, 0.25) is 0 Å². The number of nitrogens with zero attached hydrogens (tertiary/aromatic N) is 2. The molecule has 0 aliphatic rings. The molecule has 0 aliphatic heterocycles. The van der Waals surface area contributed by atoms with Crippen molar-refractivity contribution in [3.8, 4) is 11.5 Å². The summed E-state index contributed by atoms with van der Waals surface area (Å²) in [6.45, 7) is 3.82. The van der Waals surface area contributed by atoms with Crippen LogP contribution in [0.4, 0.5) is 18.9 Å².